The van der Waals surface area contributed by atoms with Crippen molar-refractivity contribution < 1.29 is 0 Å². The lowest BCUT2D eigenvalue weighted by Crippen LogP contribution is -2.10. The van der Waals surface area contributed by atoms with E-state index in [0.29, 0.717) is 0 Å². The molecule has 0 fully saturated rings. The quantitative estimate of drug-likeness (QED) is 0.140. The number of para-hydroxylation sites is 12. The number of nitrogens with one attached hydrogen (secondary N) is 1. The molecule has 452 valence electrons. The average molecular weight is 1290 g/mol. The first kappa shape index (κ1) is 57.8. The summed E-state index contributed by atoms with van der Waals surface area (Å²) in [6.07, 6.45) is 0. The third-order valence-corrected chi connectivity index (χ3v) is 17.9. The van der Waals surface area contributed by atoms with Crippen LogP contribution in [0.1, 0.15) is 0 Å². The zero-order chi connectivity index (χ0) is 63.4. The van der Waals surface area contributed by atoms with Gasteiger partial charge in [-0.2, -0.15) is 0 Å². The molecule has 4 heterocycles. The molecule has 4 aromatic heterocycles. The van der Waals surface area contributed by atoms with Gasteiger partial charge in [0.1, 0.15) is 11.6 Å². The maximum absolute atomic E-state index is 5.07. The average Bonchev–Trinajstić information content (AvgIpc) is 1.64. The minimum atomic E-state index is 0.922. The van der Waals surface area contributed by atoms with E-state index in [-0.39, 0.29) is 0 Å². The first-order valence-corrected chi connectivity index (χ1v) is 32.6. The second kappa shape index (κ2) is 25.8. The first-order valence-electron chi connectivity index (χ1n) is 31.8. The molecule has 18 rings (SSSR count). The second-order valence-electron chi connectivity index (χ2n) is 23.2. The minimum absolute atomic E-state index is 0.922. The lowest BCUT2D eigenvalue weighted by molar-refractivity contribution is 1.10. The first-order chi connectivity index (χ1) is 47.1. The summed E-state index contributed by atoms with van der Waals surface area (Å²) in [5, 5.41) is 8.54. The Bertz CT molecular complexity index is 5560. The third kappa shape index (κ3) is 11.4. The van der Waals surface area contributed by atoms with E-state index in [1.807, 2.05) is 54.6 Å². The molecule has 18 aromatic rings. The highest BCUT2D eigenvalue weighted by Crippen LogP contribution is 2.40. The summed E-state index contributed by atoms with van der Waals surface area (Å²) in [6, 6.07) is 127. The number of fused-ring (bicyclic) bond motifs is 8. The highest BCUT2D eigenvalue weighted by atomic mass is 79.9. The number of halogens is 1. The van der Waals surface area contributed by atoms with Crippen molar-refractivity contribution in [2.24, 2.45) is 0 Å². The lowest BCUT2D eigenvalue weighted by Gasteiger charge is -2.26. The monoisotopic (exact) mass is 1280 g/mol. The van der Waals surface area contributed by atoms with Crippen LogP contribution in [0.5, 0.6) is 0 Å². The molecule has 0 saturated carbocycles. The minimum Gasteiger partial charge on any atom is -0.356 e. The number of hydrogen-bond donors (Lipinski definition) is 1. The van der Waals surface area contributed by atoms with Gasteiger partial charge in [-0.15, -0.1) is 0 Å². The highest BCUT2D eigenvalue weighted by Gasteiger charge is 2.20. The van der Waals surface area contributed by atoms with Gasteiger partial charge in [0.2, 0.25) is 0 Å². The van der Waals surface area contributed by atoms with Crippen molar-refractivity contribution in [1.29, 1.82) is 0 Å². The van der Waals surface area contributed by atoms with Gasteiger partial charge in [0, 0.05) is 88.3 Å². The Balaban J connectivity index is 0.000000124. The smallest absolute Gasteiger partial charge is 0.145 e. The fourth-order valence-corrected chi connectivity index (χ4v) is 13.3. The van der Waals surface area contributed by atoms with Crippen LogP contribution in [0.15, 0.2) is 368 Å². The Labute approximate surface area is 558 Å². The zero-order valence-corrected chi connectivity index (χ0v) is 53.2. The molecular formula is C86H61BrN8. The Kier molecular flexibility index (Phi) is 15.7. The number of aromatic nitrogens is 6. The standard InChI is InChI=1S/C43H30N4.C24H18N2.C19H13BrN2/c1-3-13-32(14-4-1)45(35-27-29-36(30-28-35)46-40-20-10-7-17-37(40)38-18-8-11-21-41(38)46)34-25-23-31(24-26-34)43-44-39-19-9-12-22-42(39)47(43)33-15-5-2-6-16-33;1-2-8-18(9-3-1)25-19-14-16-20(17-15-19)26-23-12-6-4-10-21(23)22-11-5-7-13-24(22)26;20-15-12-10-14(11-13-15)19-21-17-8-4-5-9-18(17)22(19)16-6-2-1-3-7-16/h1-30H;1-17,25H;1-13H. The maximum Gasteiger partial charge on any atom is 0.145 e. The van der Waals surface area contributed by atoms with Crippen LogP contribution in [0.25, 0.3) is 111 Å². The molecular weight excluding hydrogens is 1220 g/mol. The molecule has 0 radical (unpaired) electrons. The normalized spacial score (nSPS) is 11.2. The Morgan fingerprint density at radius 3 is 0.958 bits per heavy atom. The van der Waals surface area contributed by atoms with Crippen LogP contribution < -0.4 is 10.2 Å². The summed E-state index contributed by atoms with van der Waals surface area (Å²) in [5.74, 6) is 1.88. The summed E-state index contributed by atoms with van der Waals surface area (Å²) in [4.78, 5) is 12.2. The molecule has 0 aliphatic carbocycles. The van der Waals surface area contributed by atoms with E-state index < -0.39 is 0 Å². The molecule has 0 bridgehead atoms. The van der Waals surface area contributed by atoms with Crippen LogP contribution in [-0.2, 0) is 0 Å². The number of benzene rings is 14. The predicted octanol–water partition coefficient (Wildman–Crippen LogP) is 23.2. The van der Waals surface area contributed by atoms with Gasteiger partial charge in [0.15, 0.2) is 0 Å². The van der Waals surface area contributed by atoms with Crippen molar-refractivity contribution in [2.75, 3.05) is 10.2 Å². The van der Waals surface area contributed by atoms with E-state index in [0.717, 1.165) is 94.8 Å². The molecule has 1 N–H and O–H groups in total. The summed E-state index contributed by atoms with van der Waals surface area (Å²) >= 11 is 3.49. The number of imidazole rings is 2. The summed E-state index contributed by atoms with van der Waals surface area (Å²) < 4.78 is 10.2. The Morgan fingerprint density at radius 1 is 0.242 bits per heavy atom. The van der Waals surface area contributed by atoms with Crippen LogP contribution in [0, 0.1) is 0 Å². The number of anilines is 5. The van der Waals surface area contributed by atoms with Crippen LogP contribution >= 0.6 is 15.9 Å². The molecule has 8 nitrogen and oxygen atoms in total. The van der Waals surface area contributed by atoms with Crippen molar-refractivity contribution in [2.45, 2.75) is 0 Å². The van der Waals surface area contributed by atoms with Crippen LogP contribution in [0.4, 0.5) is 28.4 Å². The molecule has 0 aliphatic heterocycles. The molecule has 0 atom stereocenters. The Morgan fingerprint density at radius 2 is 0.537 bits per heavy atom. The summed E-state index contributed by atoms with van der Waals surface area (Å²) in [5.41, 5.74) is 21.2. The van der Waals surface area contributed by atoms with Gasteiger partial charge in [-0.25, -0.2) is 9.97 Å². The zero-order valence-electron chi connectivity index (χ0n) is 51.6. The van der Waals surface area contributed by atoms with E-state index in [2.05, 4.69) is 354 Å². The van der Waals surface area contributed by atoms with E-state index in [9.17, 15) is 0 Å². The molecule has 0 aliphatic rings. The number of nitrogens with zero attached hydrogens (tertiary/aromatic N) is 7. The van der Waals surface area contributed by atoms with E-state index in [1.54, 1.807) is 0 Å². The molecule has 0 unspecified atom stereocenters. The fraction of sp³-hybridized carbons (Fsp3) is 0. The third-order valence-electron chi connectivity index (χ3n) is 17.4. The molecule has 9 heteroatoms. The molecule has 0 amide bonds. The van der Waals surface area contributed by atoms with Gasteiger partial charge in [-0.3, -0.25) is 9.13 Å². The second-order valence-corrected chi connectivity index (χ2v) is 24.1. The SMILES string of the molecule is Brc1ccc(-c2nc3ccccc3n2-c2ccccc2)cc1.c1ccc(N(c2ccc(-c3nc4ccccc4n3-c3ccccc3)cc2)c2ccc(-n3c4ccccc4c4ccccc43)cc2)cc1.c1ccc(Nc2ccc(-n3c4ccccc4c4ccccc43)cc2)cc1. The van der Waals surface area contributed by atoms with E-state index in [4.69, 9.17) is 9.97 Å². The largest absolute Gasteiger partial charge is 0.356 e. The predicted molar refractivity (Wildman–Crippen MR) is 400 cm³/mol. The highest BCUT2D eigenvalue weighted by molar-refractivity contribution is 9.10. The van der Waals surface area contributed by atoms with Crippen LogP contribution in [0.2, 0.25) is 0 Å². The van der Waals surface area contributed by atoms with Crippen molar-refractivity contribution in [3.63, 3.8) is 0 Å². The van der Waals surface area contributed by atoms with Crippen molar-refractivity contribution in [1.82, 2.24) is 28.2 Å². The van der Waals surface area contributed by atoms with Crippen molar-refractivity contribution >= 4 is 110 Å². The number of hydrogen-bond acceptors (Lipinski definition) is 4. The van der Waals surface area contributed by atoms with Gasteiger partial charge < -0.3 is 19.4 Å². The van der Waals surface area contributed by atoms with Gasteiger partial charge >= 0.3 is 0 Å². The number of rotatable bonds is 11. The van der Waals surface area contributed by atoms with Crippen molar-refractivity contribution in [3.05, 3.63) is 368 Å². The maximum atomic E-state index is 5.07. The van der Waals surface area contributed by atoms with Gasteiger partial charge in [-0.05, 0) is 182 Å². The Hall–Kier alpha value is -12.3. The fourth-order valence-electron chi connectivity index (χ4n) is 13.0. The van der Waals surface area contributed by atoms with Gasteiger partial charge in [0.05, 0.1) is 44.1 Å². The summed E-state index contributed by atoms with van der Waals surface area (Å²) in [7, 11) is 0. The van der Waals surface area contributed by atoms with E-state index >= 15 is 0 Å². The summed E-state index contributed by atoms with van der Waals surface area (Å²) in [6.45, 7) is 0. The molecule has 14 aromatic carbocycles. The lowest BCUT2D eigenvalue weighted by atomic mass is 10.1. The molecule has 0 spiro atoms. The van der Waals surface area contributed by atoms with Crippen LogP contribution in [0.3, 0.4) is 0 Å². The van der Waals surface area contributed by atoms with Gasteiger partial charge in [0.25, 0.3) is 0 Å². The van der Waals surface area contributed by atoms with Gasteiger partial charge in [-0.1, -0.05) is 198 Å². The van der Waals surface area contributed by atoms with Crippen LogP contribution in [-0.4, -0.2) is 28.2 Å². The van der Waals surface area contributed by atoms with Crippen molar-refractivity contribution in [3.8, 4) is 45.5 Å². The molecule has 0 saturated heterocycles. The molecule has 95 heavy (non-hydrogen) atoms. The van der Waals surface area contributed by atoms with E-state index in [1.165, 1.54) is 49.3 Å². The topological polar surface area (TPSA) is 60.8 Å².